The zero-order valence-electron chi connectivity index (χ0n) is 8.54. The van der Waals surface area contributed by atoms with E-state index >= 15 is 0 Å². The Balaban J connectivity index is 3.16. The molecule has 0 spiro atoms. The minimum Gasteiger partial charge on any atom is -0.478 e. The lowest BCUT2D eigenvalue weighted by Crippen LogP contribution is -2.22. The van der Waals surface area contributed by atoms with Gasteiger partial charge in [-0.05, 0) is 6.07 Å². The van der Waals surface area contributed by atoms with Crippen LogP contribution in [0.1, 0.15) is 10.4 Å². The van der Waals surface area contributed by atoms with Gasteiger partial charge in [-0.3, -0.25) is 14.9 Å². The molecule has 8 nitrogen and oxygen atoms in total. The minimum atomic E-state index is -1.32. The van der Waals surface area contributed by atoms with E-state index in [0.717, 1.165) is 18.2 Å². The second kappa shape index (κ2) is 5.03. The van der Waals surface area contributed by atoms with Crippen molar-refractivity contribution in [1.82, 2.24) is 0 Å². The number of non-ortho nitro benzene ring substituents is 1. The van der Waals surface area contributed by atoms with Gasteiger partial charge in [-0.25, -0.2) is 4.79 Å². The number of carboxylic acid groups (broad SMARTS) is 1. The van der Waals surface area contributed by atoms with Crippen LogP contribution < -0.4 is 11.1 Å². The van der Waals surface area contributed by atoms with Crippen molar-refractivity contribution in [3.8, 4) is 0 Å². The Labute approximate surface area is 95.2 Å². The van der Waals surface area contributed by atoms with Crippen molar-refractivity contribution in [2.24, 2.45) is 5.73 Å². The van der Waals surface area contributed by atoms with Gasteiger partial charge < -0.3 is 16.2 Å². The molecule has 90 valence electrons. The monoisotopic (exact) mass is 239 g/mol. The first kappa shape index (κ1) is 12.6. The zero-order chi connectivity index (χ0) is 13.0. The van der Waals surface area contributed by atoms with Crippen molar-refractivity contribution in [3.05, 3.63) is 33.9 Å². The molecule has 0 atom stereocenters. The summed E-state index contributed by atoms with van der Waals surface area (Å²) in [4.78, 5) is 31.5. The first-order valence-corrected chi connectivity index (χ1v) is 4.46. The van der Waals surface area contributed by atoms with Crippen LogP contribution in [0.3, 0.4) is 0 Å². The van der Waals surface area contributed by atoms with Gasteiger partial charge in [0.15, 0.2) is 0 Å². The average molecular weight is 239 g/mol. The summed E-state index contributed by atoms with van der Waals surface area (Å²) in [6.45, 7) is -0.300. The highest BCUT2D eigenvalue weighted by Crippen LogP contribution is 2.20. The highest BCUT2D eigenvalue weighted by atomic mass is 16.6. The van der Waals surface area contributed by atoms with Crippen molar-refractivity contribution < 1.29 is 19.6 Å². The maximum absolute atomic E-state index is 11.0. The number of nitro benzene ring substituents is 1. The normalized spacial score (nSPS) is 9.71. The zero-order valence-corrected chi connectivity index (χ0v) is 8.54. The number of nitro groups is 1. The van der Waals surface area contributed by atoms with Gasteiger partial charge in [0.05, 0.1) is 17.0 Å². The highest BCUT2D eigenvalue weighted by Gasteiger charge is 2.14. The number of carbonyl (C=O) groups excluding carboxylic acids is 1. The van der Waals surface area contributed by atoms with Gasteiger partial charge in [0, 0.05) is 17.8 Å². The van der Waals surface area contributed by atoms with Gasteiger partial charge >= 0.3 is 5.97 Å². The number of nitrogens with two attached hydrogens (primary N) is 1. The predicted molar refractivity (Wildman–Crippen MR) is 57.7 cm³/mol. The van der Waals surface area contributed by atoms with Crippen LogP contribution in [0.15, 0.2) is 18.2 Å². The number of carboxylic acids is 1. The fourth-order valence-corrected chi connectivity index (χ4v) is 1.12. The van der Waals surface area contributed by atoms with Gasteiger partial charge in [-0.15, -0.1) is 0 Å². The Morgan fingerprint density at radius 1 is 1.41 bits per heavy atom. The predicted octanol–water partition coefficient (Wildman–Crippen LogP) is 0.190. The van der Waals surface area contributed by atoms with Crippen molar-refractivity contribution >= 4 is 23.3 Å². The van der Waals surface area contributed by atoms with Crippen molar-refractivity contribution in [2.45, 2.75) is 0 Å². The van der Waals surface area contributed by atoms with Crippen molar-refractivity contribution in [3.63, 3.8) is 0 Å². The number of carbonyl (C=O) groups is 2. The van der Waals surface area contributed by atoms with E-state index in [4.69, 9.17) is 10.8 Å². The van der Waals surface area contributed by atoms with Gasteiger partial charge in [-0.2, -0.15) is 0 Å². The molecule has 4 N–H and O–H groups in total. The lowest BCUT2D eigenvalue weighted by molar-refractivity contribution is -0.384. The fourth-order valence-electron chi connectivity index (χ4n) is 1.12. The molecule has 8 heteroatoms. The molecule has 17 heavy (non-hydrogen) atoms. The van der Waals surface area contributed by atoms with E-state index in [9.17, 15) is 19.7 Å². The summed E-state index contributed by atoms with van der Waals surface area (Å²) in [6, 6.07) is 3.07. The van der Waals surface area contributed by atoms with E-state index in [1.165, 1.54) is 0 Å². The van der Waals surface area contributed by atoms with Crippen molar-refractivity contribution in [2.75, 3.05) is 11.9 Å². The van der Waals surface area contributed by atoms with Crippen LogP contribution in [0.2, 0.25) is 0 Å². The average Bonchev–Trinajstić information content (AvgIpc) is 2.28. The third-order valence-electron chi connectivity index (χ3n) is 1.84. The standard InChI is InChI=1S/C9H9N3O5/c10-4-8(13)11-6-1-5(9(14)15)2-7(3-6)12(16)17/h1-3H,4,10H2,(H,11,13)(H,14,15). The number of aromatic carboxylic acids is 1. The van der Waals surface area contributed by atoms with E-state index in [1.54, 1.807) is 0 Å². The second-order valence-corrected chi connectivity index (χ2v) is 3.08. The fraction of sp³-hybridized carbons (Fsp3) is 0.111. The molecule has 0 aliphatic carbocycles. The van der Waals surface area contributed by atoms with E-state index < -0.39 is 22.5 Å². The molecule has 0 radical (unpaired) electrons. The van der Waals surface area contributed by atoms with Crippen LogP contribution in [0.4, 0.5) is 11.4 Å². The molecule has 0 bridgehead atoms. The number of nitrogens with one attached hydrogen (secondary N) is 1. The first-order chi connectivity index (χ1) is 7.93. The maximum atomic E-state index is 11.0. The Hall–Kier alpha value is -2.48. The number of nitrogens with zero attached hydrogens (tertiary/aromatic N) is 1. The van der Waals surface area contributed by atoms with Crippen LogP contribution in [0.25, 0.3) is 0 Å². The molecule has 0 fully saturated rings. The smallest absolute Gasteiger partial charge is 0.336 e. The van der Waals surface area contributed by atoms with Crippen LogP contribution in [-0.2, 0) is 4.79 Å². The molecule has 0 aliphatic heterocycles. The third kappa shape index (κ3) is 3.24. The molecule has 1 rings (SSSR count). The SMILES string of the molecule is NCC(=O)Nc1cc(C(=O)O)cc([N+](=O)[O-])c1. The lowest BCUT2D eigenvalue weighted by atomic mass is 10.1. The quantitative estimate of drug-likeness (QED) is 0.506. The highest BCUT2D eigenvalue weighted by molar-refractivity contribution is 5.95. The first-order valence-electron chi connectivity index (χ1n) is 4.46. The van der Waals surface area contributed by atoms with Crippen LogP contribution >= 0.6 is 0 Å². The van der Waals surface area contributed by atoms with Gasteiger partial charge in [-0.1, -0.05) is 0 Å². The van der Waals surface area contributed by atoms with Gasteiger partial charge in [0.1, 0.15) is 0 Å². The molecular weight excluding hydrogens is 230 g/mol. The number of hydrogen-bond acceptors (Lipinski definition) is 5. The number of benzene rings is 1. The minimum absolute atomic E-state index is 0.0204. The molecule has 0 saturated carbocycles. The maximum Gasteiger partial charge on any atom is 0.336 e. The van der Waals surface area contributed by atoms with E-state index in [0.29, 0.717) is 0 Å². The van der Waals surface area contributed by atoms with E-state index in [2.05, 4.69) is 5.32 Å². The molecule has 1 aromatic rings. The second-order valence-electron chi connectivity index (χ2n) is 3.08. The Morgan fingerprint density at radius 3 is 2.53 bits per heavy atom. The number of anilines is 1. The van der Waals surface area contributed by atoms with Crippen LogP contribution in [-0.4, -0.2) is 28.5 Å². The number of rotatable bonds is 4. The van der Waals surface area contributed by atoms with Gasteiger partial charge in [0.2, 0.25) is 5.91 Å². The Kier molecular flexibility index (Phi) is 3.73. The van der Waals surface area contributed by atoms with Crippen LogP contribution in [0, 0.1) is 10.1 Å². The Morgan fingerprint density at radius 2 is 2.06 bits per heavy atom. The molecule has 1 amide bonds. The summed E-state index contributed by atoms with van der Waals surface area (Å²) < 4.78 is 0. The molecule has 0 aliphatic rings. The van der Waals surface area contributed by atoms with Crippen molar-refractivity contribution in [1.29, 1.82) is 0 Å². The molecule has 1 aromatic carbocycles. The molecule has 0 heterocycles. The van der Waals surface area contributed by atoms with E-state index in [-0.39, 0.29) is 17.8 Å². The topological polar surface area (TPSA) is 136 Å². The van der Waals surface area contributed by atoms with E-state index in [1.807, 2.05) is 0 Å². The summed E-state index contributed by atoms with van der Waals surface area (Å²) in [5.74, 6) is -1.89. The molecule has 0 aromatic heterocycles. The van der Waals surface area contributed by atoms with Crippen LogP contribution in [0.5, 0.6) is 0 Å². The molecular formula is C9H9N3O5. The Bertz CT molecular complexity index is 453. The number of hydrogen-bond donors (Lipinski definition) is 3. The molecule has 0 unspecified atom stereocenters. The third-order valence-corrected chi connectivity index (χ3v) is 1.84. The summed E-state index contributed by atoms with van der Waals surface area (Å²) in [5.41, 5.74) is 4.37. The number of amides is 1. The van der Waals surface area contributed by atoms with Gasteiger partial charge in [0.25, 0.3) is 5.69 Å². The summed E-state index contributed by atoms with van der Waals surface area (Å²) >= 11 is 0. The summed E-state index contributed by atoms with van der Waals surface area (Å²) in [7, 11) is 0. The summed E-state index contributed by atoms with van der Waals surface area (Å²) in [5, 5.41) is 21.6. The molecule has 0 saturated heterocycles. The summed E-state index contributed by atoms with van der Waals surface area (Å²) in [6.07, 6.45) is 0. The largest absolute Gasteiger partial charge is 0.478 e. The lowest BCUT2D eigenvalue weighted by Gasteiger charge is -2.04.